The van der Waals surface area contributed by atoms with Crippen molar-refractivity contribution in [2.45, 2.75) is 76.7 Å². The molecule has 0 aliphatic rings. The summed E-state index contributed by atoms with van der Waals surface area (Å²) in [6, 6.07) is 0. The topological polar surface area (TPSA) is 0 Å². The predicted octanol–water partition coefficient (Wildman–Crippen LogP) is 5.96. The maximum Gasteiger partial charge on any atom is 0.0474 e. The SMILES string of the molecule is CCCCCCSC(C)SCCCCCC. The molecule has 0 aromatic heterocycles. The average molecular weight is 263 g/mol. The molecule has 0 spiro atoms. The third-order valence-electron chi connectivity index (χ3n) is 2.70. The first-order valence-electron chi connectivity index (χ1n) is 7.04. The van der Waals surface area contributed by atoms with Crippen LogP contribution in [0.3, 0.4) is 0 Å². The lowest BCUT2D eigenvalue weighted by molar-refractivity contribution is 0.705. The van der Waals surface area contributed by atoms with Crippen LogP contribution in [0.4, 0.5) is 0 Å². The number of hydrogen-bond donors (Lipinski definition) is 0. The lowest BCUT2D eigenvalue weighted by atomic mass is 10.2. The molecule has 0 aliphatic carbocycles. The van der Waals surface area contributed by atoms with Crippen LogP contribution in [-0.2, 0) is 0 Å². The van der Waals surface area contributed by atoms with Gasteiger partial charge in [0.2, 0.25) is 0 Å². The van der Waals surface area contributed by atoms with Crippen molar-refractivity contribution < 1.29 is 0 Å². The molecule has 0 aromatic carbocycles. The summed E-state index contributed by atoms with van der Waals surface area (Å²) in [6.07, 6.45) is 11.2. The van der Waals surface area contributed by atoms with Crippen LogP contribution in [0.5, 0.6) is 0 Å². The normalized spacial score (nSPS) is 11.2. The van der Waals surface area contributed by atoms with Crippen molar-refractivity contribution >= 4 is 23.5 Å². The zero-order chi connectivity index (χ0) is 12.1. The van der Waals surface area contributed by atoms with Crippen LogP contribution in [0.1, 0.15) is 72.1 Å². The maximum atomic E-state index is 2.37. The van der Waals surface area contributed by atoms with Gasteiger partial charge in [0.25, 0.3) is 0 Å². The summed E-state index contributed by atoms with van der Waals surface area (Å²) in [6.45, 7) is 6.93. The van der Waals surface area contributed by atoms with Crippen LogP contribution < -0.4 is 0 Å². The highest BCUT2D eigenvalue weighted by atomic mass is 32.2. The molecule has 0 heterocycles. The second-order valence-corrected chi connectivity index (χ2v) is 7.63. The Hall–Kier alpha value is 0.700. The van der Waals surface area contributed by atoms with Crippen molar-refractivity contribution in [3.63, 3.8) is 0 Å². The van der Waals surface area contributed by atoms with Crippen molar-refractivity contribution in [1.82, 2.24) is 0 Å². The summed E-state index contributed by atoms with van der Waals surface area (Å²) in [7, 11) is 0. The first-order valence-corrected chi connectivity index (χ1v) is 9.14. The van der Waals surface area contributed by atoms with E-state index in [0.717, 1.165) is 4.58 Å². The molecule has 0 saturated heterocycles. The molecule has 16 heavy (non-hydrogen) atoms. The van der Waals surface area contributed by atoms with Gasteiger partial charge in [0, 0.05) is 4.58 Å². The molecule has 0 fully saturated rings. The second kappa shape index (κ2) is 13.8. The van der Waals surface area contributed by atoms with Crippen LogP contribution in [-0.4, -0.2) is 16.1 Å². The minimum atomic E-state index is 0.809. The van der Waals surface area contributed by atoms with Crippen LogP contribution in [0, 0.1) is 0 Å². The van der Waals surface area contributed by atoms with Crippen molar-refractivity contribution in [3.8, 4) is 0 Å². The van der Waals surface area contributed by atoms with E-state index in [1.54, 1.807) is 0 Å². The average Bonchev–Trinajstić information content (AvgIpc) is 2.28. The highest BCUT2D eigenvalue weighted by molar-refractivity contribution is 8.16. The molecule has 0 amide bonds. The monoisotopic (exact) mass is 262 g/mol. The molecule has 0 aliphatic heterocycles. The minimum absolute atomic E-state index is 0.809. The van der Waals surface area contributed by atoms with E-state index in [9.17, 15) is 0 Å². The molecule has 0 aromatic rings. The van der Waals surface area contributed by atoms with E-state index in [4.69, 9.17) is 0 Å². The van der Waals surface area contributed by atoms with Gasteiger partial charge >= 0.3 is 0 Å². The van der Waals surface area contributed by atoms with Gasteiger partial charge in [-0.25, -0.2) is 0 Å². The molecule has 0 atom stereocenters. The summed E-state index contributed by atoms with van der Waals surface area (Å²) in [5, 5.41) is 0. The fourth-order valence-electron chi connectivity index (χ4n) is 1.60. The number of unbranched alkanes of at least 4 members (excludes halogenated alkanes) is 6. The third kappa shape index (κ3) is 12.8. The lowest BCUT2D eigenvalue weighted by Gasteiger charge is -2.10. The summed E-state index contributed by atoms with van der Waals surface area (Å²) in [5.74, 6) is 2.73. The molecule has 0 saturated carbocycles. The fraction of sp³-hybridized carbons (Fsp3) is 1.00. The van der Waals surface area contributed by atoms with Gasteiger partial charge < -0.3 is 0 Å². The van der Waals surface area contributed by atoms with Gasteiger partial charge in [-0.15, -0.1) is 23.5 Å². The fourth-order valence-corrected chi connectivity index (χ4v) is 3.97. The predicted molar refractivity (Wildman–Crippen MR) is 82.7 cm³/mol. The summed E-state index contributed by atoms with van der Waals surface area (Å²) < 4.78 is 0.809. The molecule has 98 valence electrons. The Morgan fingerprint density at radius 2 is 1.12 bits per heavy atom. The molecule has 0 rings (SSSR count). The van der Waals surface area contributed by atoms with Gasteiger partial charge in [-0.1, -0.05) is 52.4 Å². The molecule has 0 radical (unpaired) electrons. The zero-order valence-electron chi connectivity index (χ0n) is 11.5. The van der Waals surface area contributed by atoms with Gasteiger partial charge in [0.15, 0.2) is 0 Å². The van der Waals surface area contributed by atoms with Crippen LogP contribution >= 0.6 is 23.5 Å². The highest BCUT2D eigenvalue weighted by Gasteiger charge is 2.02. The summed E-state index contributed by atoms with van der Waals surface area (Å²) >= 11 is 4.31. The van der Waals surface area contributed by atoms with Crippen LogP contribution in [0.2, 0.25) is 0 Å². The van der Waals surface area contributed by atoms with E-state index in [-0.39, 0.29) is 0 Å². The Kier molecular flexibility index (Phi) is 14.4. The quantitative estimate of drug-likeness (QED) is 0.314. The van der Waals surface area contributed by atoms with Crippen molar-refractivity contribution in [3.05, 3.63) is 0 Å². The van der Waals surface area contributed by atoms with Crippen LogP contribution in [0.15, 0.2) is 0 Å². The van der Waals surface area contributed by atoms with Gasteiger partial charge in [-0.2, -0.15) is 0 Å². The first-order chi connectivity index (χ1) is 7.81. The van der Waals surface area contributed by atoms with Crippen molar-refractivity contribution in [2.24, 2.45) is 0 Å². The van der Waals surface area contributed by atoms with Gasteiger partial charge in [-0.05, 0) is 31.3 Å². The Balaban J connectivity index is 3.09. The van der Waals surface area contributed by atoms with Gasteiger partial charge in [0.1, 0.15) is 0 Å². The van der Waals surface area contributed by atoms with Crippen molar-refractivity contribution in [2.75, 3.05) is 11.5 Å². The van der Waals surface area contributed by atoms with E-state index in [1.807, 2.05) is 0 Å². The molecule has 0 unspecified atom stereocenters. The van der Waals surface area contributed by atoms with Crippen LogP contribution in [0.25, 0.3) is 0 Å². The van der Waals surface area contributed by atoms with E-state index < -0.39 is 0 Å². The summed E-state index contributed by atoms with van der Waals surface area (Å²) in [4.78, 5) is 0. The smallest absolute Gasteiger partial charge is 0.0474 e. The van der Waals surface area contributed by atoms with E-state index >= 15 is 0 Å². The second-order valence-electron chi connectivity index (χ2n) is 4.43. The zero-order valence-corrected chi connectivity index (χ0v) is 13.1. The largest absolute Gasteiger partial charge is 0.148 e. The molecular formula is C14H30S2. The van der Waals surface area contributed by atoms with Crippen molar-refractivity contribution in [1.29, 1.82) is 0 Å². The molecule has 2 heteroatoms. The Labute approximate surface area is 112 Å². The van der Waals surface area contributed by atoms with E-state index in [0.29, 0.717) is 0 Å². The number of thioether (sulfide) groups is 2. The first kappa shape index (κ1) is 16.7. The highest BCUT2D eigenvalue weighted by Crippen LogP contribution is 2.25. The Morgan fingerprint density at radius 1 is 0.688 bits per heavy atom. The Morgan fingerprint density at radius 3 is 1.50 bits per heavy atom. The summed E-state index contributed by atoms with van der Waals surface area (Å²) in [5.41, 5.74) is 0. The minimum Gasteiger partial charge on any atom is -0.148 e. The molecule has 0 N–H and O–H groups in total. The standard InChI is InChI=1S/C14H30S2/c1-4-6-8-10-12-15-14(3)16-13-11-9-7-5-2/h14H,4-13H2,1-3H3. The number of rotatable bonds is 12. The maximum absolute atomic E-state index is 2.37. The molecule has 0 nitrogen and oxygen atoms in total. The van der Waals surface area contributed by atoms with Gasteiger partial charge in [0.05, 0.1) is 0 Å². The third-order valence-corrected chi connectivity index (χ3v) is 5.50. The molecular weight excluding hydrogens is 232 g/mol. The van der Waals surface area contributed by atoms with Gasteiger partial charge in [-0.3, -0.25) is 0 Å². The Bertz CT molecular complexity index is 112. The van der Waals surface area contributed by atoms with E-state index in [1.165, 1.54) is 62.9 Å². The molecule has 0 bridgehead atoms. The van der Waals surface area contributed by atoms with E-state index in [2.05, 4.69) is 44.3 Å². The number of hydrogen-bond acceptors (Lipinski definition) is 2. The lowest BCUT2D eigenvalue weighted by Crippen LogP contribution is -1.94.